The van der Waals surface area contributed by atoms with Crippen molar-refractivity contribution in [2.24, 2.45) is 11.7 Å². The summed E-state index contributed by atoms with van der Waals surface area (Å²) >= 11 is 6.05. The highest BCUT2D eigenvalue weighted by Crippen LogP contribution is 2.31. The SMILES string of the molecule is CCC(CN)CNc1cc(C)c(Cl)cc1OC. The minimum atomic E-state index is 0.482. The van der Waals surface area contributed by atoms with Crippen LogP contribution in [0.15, 0.2) is 12.1 Å². The average Bonchev–Trinajstić information content (AvgIpc) is 2.34. The molecule has 1 atom stereocenters. The maximum absolute atomic E-state index is 6.05. The van der Waals surface area contributed by atoms with E-state index in [1.807, 2.05) is 19.1 Å². The molecule has 0 aliphatic carbocycles. The van der Waals surface area contributed by atoms with E-state index in [0.29, 0.717) is 12.5 Å². The Balaban J connectivity index is 2.79. The molecule has 1 aromatic carbocycles. The number of anilines is 1. The Labute approximate surface area is 108 Å². The molecule has 0 saturated carbocycles. The number of methoxy groups -OCH3 is 1. The fourth-order valence-electron chi connectivity index (χ4n) is 1.62. The van der Waals surface area contributed by atoms with Gasteiger partial charge < -0.3 is 15.8 Å². The fourth-order valence-corrected chi connectivity index (χ4v) is 1.77. The molecule has 0 bridgehead atoms. The van der Waals surface area contributed by atoms with Gasteiger partial charge in [0.15, 0.2) is 0 Å². The standard InChI is InChI=1S/C13H21ClN2O/c1-4-10(7-15)8-16-12-5-9(2)11(14)6-13(12)17-3/h5-6,10,16H,4,7-8,15H2,1-3H3. The highest BCUT2D eigenvalue weighted by molar-refractivity contribution is 6.31. The third kappa shape index (κ3) is 3.79. The lowest BCUT2D eigenvalue weighted by Crippen LogP contribution is -2.22. The zero-order chi connectivity index (χ0) is 12.8. The quantitative estimate of drug-likeness (QED) is 0.822. The van der Waals surface area contributed by atoms with Crippen LogP contribution in [0.4, 0.5) is 5.69 Å². The van der Waals surface area contributed by atoms with Gasteiger partial charge in [0, 0.05) is 17.6 Å². The van der Waals surface area contributed by atoms with Gasteiger partial charge in [0.05, 0.1) is 12.8 Å². The van der Waals surface area contributed by atoms with Crippen molar-refractivity contribution in [3.63, 3.8) is 0 Å². The van der Waals surface area contributed by atoms with Crippen molar-refractivity contribution in [3.05, 3.63) is 22.7 Å². The maximum atomic E-state index is 6.05. The first-order chi connectivity index (χ1) is 8.12. The van der Waals surface area contributed by atoms with Gasteiger partial charge in [-0.05, 0) is 31.0 Å². The Morgan fingerprint density at radius 1 is 1.47 bits per heavy atom. The van der Waals surface area contributed by atoms with Gasteiger partial charge in [0.1, 0.15) is 5.75 Å². The molecule has 0 fully saturated rings. The minimum Gasteiger partial charge on any atom is -0.495 e. The Bertz CT molecular complexity index is 365. The molecule has 0 radical (unpaired) electrons. The van der Waals surface area contributed by atoms with Crippen LogP contribution in [0.5, 0.6) is 5.75 Å². The summed E-state index contributed by atoms with van der Waals surface area (Å²) in [6, 6.07) is 3.84. The summed E-state index contributed by atoms with van der Waals surface area (Å²) < 4.78 is 5.30. The highest BCUT2D eigenvalue weighted by atomic mass is 35.5. The molecule has 1 aromatic rings. The van der Waals surface area contributed by atoms with E-state index in [2.05, 4.69) is 12.2 Å². The number of nitrogens with two attached hydrogens (primary N) is 1. The lowest BCUT2D eigenvalue weighted by molar-refractivity contribution is 0.416. The first-order valence-electron chi connectivity index (χ1n) is 5.90. The number of aryl methyl sites for hydroxylation is 1. The number of rotatable bonds is 6. The van der Waals surface area contributed by atoms with E-state index in [1.165, 1.54) is 0 Å². The second kappa shape index (κ2) is 6.72. The van der Waals surface area contributed by atoms with Crippen molar-refractivity contribution in [3.8, 4) is 5.75 Å². The third-order valence-corrected chi connectivity index (χ3v) is 3.38. The second-order valence-corrected chi connectivity index (χ2v) is 4.60. The average molecular weight is 257 g/mol. The van der Waals surface area contributed by atoms with Crippen LogP contribution in [0.1, 0.15) is 18.9 Å². The first kappa shape index (κ1) is 14.1. The molecule has 0 aliphatic heterocycles. The number of nitrogens with one attached hydrogen (secondary N) is 1. The summed E-state index contributed by atoms with van der Waals surface area (Å²) in [6.07, 6.45) is 1.07. The van der Waals surface area contributed by atoms with Crippen molar-refractivity contribution in [2.45, 2.75) is 20.3 Å². The van der Waals surface area contributed by atoms with Crippen LogP contribution in [0.3, 0.4) is 0 Å². The number of ether oxygens (including phenoxy) is 1. The van der Waals surface area contributed by atoms with Gasteiger partial charge in [-0.25, -0.2) is 0 Å². The van der Waals surface area contributed by atoms with Crippen molar-refractivity contribution >= 4 is 17.3 Å². The fraction of sp³-hybridized carbons (Fsp3) is 0.538. The zero-order valence-electron chi connectivity index (χ0n) is 10.7. The molecule has 17 heavy (non-hydrogen) atoms. The van der Waals surface area contributed by atoms with Crippen LogP contribution in [-0.4, -0.2) is 20.2 Å². The molecule has 0 aliphatic rings. The van der Waals surface area contributed by atoms with Crippen LogP contribution in [-0.2, 0) is 0 Å². The van der Waals surface area contributed by atoms with E-state index in [1.54, 1.807) is 7.11 Å². The Hall–Kier alpha value is -0.930. The van der Waals surface area contributed by atoms with Gasteiger partial charge in [0.25, 0.3) is 0 Å². The monoisotopic (exact) mass is 256 g/mol. The summed E-state index contributed by atoms with van der Waals surface area (Å²) in [4.78, 5) is 0. The maximum Gasteiger partial charge on any atom is 0.143 e. The number of halogens is 1. The van der Waals surface area contributed by atoms with Crippen molar-refractivity contribution in [1.82, 2.24) is 0 Å². The van der Waals surface area contributed by atoms with E-state index in [4.69, 9.17) is 22.1 Å². The summed E-state index contributed by atoms with van der Waals surface area (Å²) in [5.41, 5.74) is 7.69. The predicted molar refractivity (Wildman–Crippen MR) is 74.1 cm³/mol. The second-order valence-electron chi connectivity index (χ2n) is 4.19. The molecule has 1 rings (SSSR count). The van der Waals surface area contributed by atoms with Crippen LogP contribution < -0.4 is 15.8 Å². The Morgan fingerprint density at radius 3 is 2.71 bits per heavy atom. The molecule has 0 spiro atoms. The Morgan fingerprint density at radius 2 is 2.18 bits per heavy atom. The van der Waals surface area contributed by atoms with E-state index in [0.717, 1.165) is 35.0 Å². The smallest absolute Gasteiger partial charge is 0.143 e. The third-order valence-electron chi connectivity index (χ3n) is 2.97. The van der Waals surface area contributed by atoms with Gasteiger partial charge in [0.2, 0.25) is 0 Å². The van der Waals surface area contributed by atoms with Gasteiger partial charge in [-0.1, -0.05) is 24.9 Å². The first-order valence-corrected chi connectivity index (χ1v) is 6.28. The molecule has 3 nitrogen and oxygen atoms in total. The minimum absolute atomic E-state index is 0.482. The van der Waals surface area contributed by atoms with E-state index < -0.39 is 0 Å². The predicted octanol–water partition coefficient (Wildman–Crippen LogP) is 3.05. The number of benzene rings is 1. The molecule has 4 heteroatoms. The summed E-state index contributed by atoms with van der Waals surface area (Å²) in [7, 11) is 1.65. The lowest BCUT2D eigenvalue weighted by atomic mass is 10.1. The topological polar surface area (TPSA) is 47.3 Å². The summed E-state index contributed by atoms with van der Waals surface area (Å²) in [6.45, 7) is 5.67. The number of hydrogen-bond acceptors (Lipinski definition) is 3. The molecule has 1 unspecified atom stereocenters. The zero-order valence-corrected chi connectivity index (χ0v) is 11.5. The van der Waals surface area contributed by atoms with Crippen molar-refractivity contribution in [1.29, 1.82) is 0 Å². The molecule has 96 valence electrons. The van der Waals surface area contributed by atoms with Gasteiger partial charge in [-0.3, -0.25) is 0 Å². The molecular weight excluding hydrogens is 236 g/mol. The number of hydrogen-bond donors (Lipinski definition) is 2. The van der Waals surface area contributed by atoms with Crippen LogP contribution >= 0.6 is 11.6 Å². The highest BCUT2D eigenvalue weighted by Gasteiger charge is 2.09. The van der Waals surface area contributed by atoms with Crippen molar-refractivity contribution < 1.29 is 4.74 Å². The molecule has 0 heterocycles. The van der Waals surface area contributed by atoms with E-state index in [-0.39, 0.29) is 0 Å². The summed E-state index contributed by atoms with van der Waals surface area (Å²) in [5, 5.41) is 4.09. The van der Waals surface area contributed by atoms with Crippen LogP contribution in [0, 0.1) is 12.8 Å². The molecule has 3 N–H and O–H groups in total. The van der Waals surface area contributed by atoms with Crippen LogP contribution in [0.2, 0.25) is 5.02 Å². The van der Waals surface area contributed by atoms with Gasteiger partial charge >= 0.3 is 0 Å². The van der Waals surface area contributed by atoms with Crippen molar-refractivity contribution in [2.75, 3.05) is 25.5 Å². The Kier molecular flexibility index (Phi) is 5.59. The summed E-state index contributed by atoms with van der Waals surface area (Å²) in [5.74, 6) is 1.25. The van der Waals surface area contributed by atoms with Crippen LogP contribution in [0.25, 0.3) is 0 Å². The van der Waals surface area contributed by atoms with E-state index >= 15 is 0 Å². The van der Waals surface area contributed by atoms with Gasteiger partial charge in [-0.15, -0.1) is 0 Å². The van der Waals surface area contributed by atoms with E-state index in [9.17, 15) is 0 Å². The normalized spacial score (nSPS) is 12.3. The molecular formula is C13H21ClN2O. The molecule has 0 saturated heterocycles. The van der Waals surface area contributed by atoms with Gasteiger partial charge in [-0.2, -0.15) is 0 Å². The molecule has 0 aromatic heterocycles. The molecule has 0 amide bonds. The largest absolute Gasteiger partial charge is 0.495 e. The lowest BCUT2D eigenvalue weighted by Gasteiger charge is -2.17.